The van der Waals surface area contributed by atoms with Gasteiger partial charge in [-0.25, -0.2) is 0 Å². The molecule has 1 N–H and O–H groups in total. The highest BCUT2D eigenvalue weighted by Gasteiger charge is 2.09. The van der Waals surface area contributed by atoms with Gasteiger partial charge in [-0.1, -0.05) is 50.6 Å². The van der Waals surface area contributed by atoms with Crippen LogP contribution in [0.4, 0.5) is 0 Å². The Morgan fingerprint density at radius 2 is 1.84 bits per heavy atom. The summed E-state index contributed by atoms with van der Waals surface area (Å²) in [5, 5.41) is 3.49. The maximum atomic E-state index is 5.82. The Balaban J connectivity index is 2.38. The van der Waals surface area contributed by atoms with Crippen LogP contribution in [0.2, 0.25) is 0 Å². The first-order valence-corrected chi connectivity index (χ1v) is 7.51. The summed E-state index contributed by atoms with van der Waals surface area (Å²) in [4.78, 5) is 0. The summed E-state index contributed by atoms with van der Waals surface area (Å²) in [7, 11) is 0. The number of likely N-dealkylation sites (N-methyl/N-ethyl adjacent to an activating group) is 1. The number of benzene rings is 1. The molecule has 1 atom stereocenters. The first kappa shape index (κ1) is 16.2. The highest BCUT2D eigenvalue weighted by molar-refractivity contribution is 5.24. The van der Waals surface area contributed by atoms with Gasteiger partial charge in [-0.3, -0.25) is 0 Å². The van der Waals surface area contributed by atoms with Gasteiger partial charge >= 0.3 is 0 Å². The van der Waals surface area contributed by atoms with Crippen LogP contribution in [-0.2, 0) is 4.74 Å². The van der Waals surface area contributed by atoms with Crippen LogP contribution in [0.5, 0.6) is 0 Å². The number of nitrogens with one attached hydrogen (secondary N) is 1. The maximum absolute atomic E-state index is 5.82. The molecule has 1 rings (SSSR count). The summed E-state index contributed by atoms with van der Waals surface area (Å²) in [6.07, 6.45) is 2.40. The van der Waals surface area contributed by atoms with Crippen molar-refractivity contribution in [3.05, 3.63) is 35.4 Å². The second kappa shape index (κ2) is 9.11. The molecule has 0 fully saturated rings. The summed E-state index contributed by atoms with van der Waals surface area (Å²) in [5.41, 5.74) is 2.62. The molecular weight excluding hydrogens is 234 g/mol. The van der Waals surface area contributed by atoms with E-state index < -0.39 is 0 Å². The zero-order chi connectivity index (χ0) is 14.1. The highest BCUT2D eigenvalue weighted by Crippen LogP contribution is 2.14. The van der Waals surface area contributed by atoms with E-state index in [1.807, 2.05) is 0 Å². The van der Waals surface area contributed by atoms with Gasteiger partial charge in [-0.2, -0.15) is 0 Å². The monoisotopic (exact) mass is 263 g/mol. The minimum atomic E-state index is 0.310. The average molecular weight is 263 g/mol. The standard InChI is InChI=1S/C17H29NO/c1-5-18-17(13-19-12-6-7-14(2)3)16-10-8-15(4)9-11-16/h8-11,14,17-18H,5-7,12-13H2,1-4H3. The van der Waals surface area contributed by atoms with E-state index in [0.29, 0.717) is 6.04 Å². The maximum Gasteiger partial charge on any atom is 0.0661 e. The van der Waals surface area contributed by atoms with Crippen molar-refractivity contribution in [2.24, 2.45) is 5.92 Å². The lowest BCUT2D eigenvalue weighted by atomic mass is 10.1. The molecule has 0 aliphatic carbocycles. The van der Waals surface area contributed by atoms with Crippen molar-refractivity contribution in [2.45, 2.75) is 46.6 Å². The molecule has 2 nitrogen and oxygen atoms in total. The van der Waals surface area contributed by atoms with E-state index in [-0.39, 0.29) is 0 Å². The number of hydrogen-bond donors (Lipinski definition) is 1. The van der Waals surface area contributed by atoms with E-state index in [2.05, 4.69) is 57.3 Å². The number of rotatable bonds is 9. The zero-order valence-corrected chi connectivity index (χ0v) is 12.9. The van der Waals surface area contributed by atoms with E-state index in [1.165, 1.54) is 17.5 Å². The minimum Gasteiger partial charge on any atom is -0.379 e. The summed E-state index contributed by atoms with van der Waals surface area (Å²) in [6.45, 7) is 11.4. The van der Waals surface area contributed by atoms with Crippen molar-refractivity contribution >= 4 is 0 Å². The van der Waals surface area contributed by atoms with Crippen molar-refractivity contribution < 1.29 is 4.74 Å². The fraction of sp³-hybridized carbons (Fsp3) is 0.647. The second-order valence-corrected chi connectivity index (χ2v) is 5.63. The Kier molecular flexibility index (Phi) is 7.76. The third kappa shape index (κ3) is 6.74. The molecule has 19 heavy (non-hydrogen) atoms. The fourth-order valence-corrected chi connectivity index (χ4v) is 2.11. The summed E-state index contributed by atoms with van der Waals surface area (Å²) < 4.78 is 5.82. The predicted octanol–water partition coefficient (Wildman–Crippen LogP) is 4.10. The molecule has 1 unspecified atom stereocenters. The van der Waals surface area contributed by atoms with E-state index >= 15 is 0 Å². The zero-order valence-electron chi connectivity index (χ0n) is 12.9. The molecule has 0 aromatic heterocycles. The third-order valence-electron chi connectivity index (χ3n) is 3.28. The smallest absolute Gasteiger partial charge is 0.0661 e. The van der Waals surface area contributed by atoms with Gasteiger partial charge < -0.3 is 10.1 Å². The first-order chi connectivity index (χ1) is 9.13. The van der Waals surface area contributed by atoms with Gasteiger partial charge in [-0.15, -0.1) is 0 Å². The van der Waals surface area contributed by atoms with Crippen LogP contribution in [0, 0.1) is 12.8 Å². The molecule has 0 radical (unpaired) electrons. The van der Waals surface area contributed by atoms with Gasteiger partial charge in [0.2, 0.25) is 0 Å². The molecular formula is C17H29NO. The van der Waals surface area contributed by atoms with Gasteiger partial charge in [0.25, 0.3) is 0 Å². The molecule has 0 bridgehead atoms. The van der Waals surface area contributed by atoms with E-state index in [1.54, 1.807) is 0 Å². The van der Waals surface area contributed by atoms with Gasteiger partial charge in [0.15, 0.2) is 0 Å². The summed E-state index contributed by atoms with van der Waals surface area (Å²) in [5.74, 6) is 0.769. The molecule has 0 heterocycles. The van der Waals surface area contributed by atoms with Gasteiger partial charge in [0, 0.05) is 6.61 Å². The number of hydrogen-bond acceptors (Lipinski definition) is 2. The van der Waals surface area contributed by atoms with Gasteiger partial charge in [-0.05, 0) is 37.8 Å². The molecule has 2 heteroatoms. The molecule has 0 aliphatic rings. The van der Waals surface area contributed by atoms with Crippen molar-refractivity contribution in [3.8, 4) is 0 Å². The Bertz CT molecular complexity index is 332. The Morgan fingerprint density at radius 1 is 1.16 bits per heavy atom. The van der Waals surface area contributed by atoms with Crippen LogP contribution in [0.15, 0.2) is 24.3 Å². The minimum absolute atomic E-state index is 0.310. The Morgan fingerprint density at radius 3 is 2.42 bits per heavy atom. The highest BCUT2D eigenvalue weighted by atomic mass is 16.5. The molecule has 1 aromatic carbocycles. The molecule has 108 valence electrons. The summed E-state index contributed by atoms with van der Waals surface area (Å²) >= 11 is 0. The largest absolute Gasteiger partial charge is 0.379 e. The van der Waals surface area contributed by atoms with E-state index in [0.717, 1.165) is 32.1 Å². The number of aryl methyl sites for hydroxylation is 1. The van der Waals surface area contributed by atoms with Crippen molar-refractivity contribution in [1.82, 2.24) is 5.32 Å². The predicted molar refractivity (Wildman–Crippen MR) is 82.5 cm³/mol. The van der Waals surface area contributed by atoms with Crippen LogP contribution in [-0.4, -0.2) is 19.8 Å². The lowest BCUT2D eigenvalue weighted by molar-refractivity contribution is 0.106. The molecule has 0 saturated heterocycles. The Labute approximate surface area is 118 Å². The SMILES string of the molecule is CCNC(COCCCC(C)C)c1ccc(C)cc1. The molecule has 0 spiro atoms. The van der Waals surface area contributed by atoms with Crippen molar-refractivity contribution in [1.29, 1.82) is 0 Å². The van der Waals surface area contributed by atoms with Gasteiger partial charge in [0.1, 0.15) is 0 Å². The topological polar surface area (TPSA) is 21.3 Å². The molecule has 0 aliphatic heterocycles. The molecule has 0 saturated carbocycles. The molecule has 1 aromatic rings. The van der Waals surface area contributed by atoms with E-state index in [4.69, 9.17) is 4.74 Å². The van der Waals surface area contributed by atoms with Crippen LogP contribution in [0.25, 0.3) is 0 Å². The Hall–Kier alpha value is -0.860. The van der Waals surface area contributed by atoms with Crippen LogP contribution in [0.3, 0.4) is 0 Å². The van der Waals surface area contributed by atoms with Crippen molar-refractivity contribution in [2.75, 3.05) is 19.8 Å². The quantitative estimate of drug-likeness (QED) is 0.677. The lowest BCUT2D eigenvalue weighted by Crippen LogP contribution is -2.25. The summed E-state index contributed by atoms with van der Waals surface area (Å²) in [6, 6.07) is 9.03. The fourth-order valence-electron chi connectivity index (χ4n) is 2.11. The van der Waals surface area contributed by atoms with Gasteiger partial charge in [0.05, 0.1) is 12.6 Å². The van der Waals surface area contributed by atoms with Crippen LogP contribution < -0.4 is 5.32 Å². The number of ether oxygens (including phenoxy) is 1. The van der Waals surface area contributed by atoms with E-state index in [9.17, 15) is 0 Å². The first-order valence-electron chi connectivity index (χ1n) is 7.51. The van der Waals surface area contributed by atoms with Crippen molar-refractivity contribution in [3.63, 3.8) is 0 Å². The molecule has 0 amide bonds. The third-order valence-corrected chi connectivity index (χ3v) is 3.28. The lowest BCUT2D eigenvalue weighted by Gasteiger charge is -2.19. The van der Waals surface area contributed by atoms with Crippen LogP contribution in [0.1, 0.15) is 50.8 Å². The average Bonchev–Trinajstić information content (AvgIpc) is 2.38. The second-order valence-electron chi connectivity index (χ2n) is 5.63. The van der Waals surface area contributed by atoms with Crippen LogP contribution >= 0.6 is 0 Å². The normalized spacial score (nSPS) is 12.9.